The summed E-state index contributed by atoms with van der Waals surface area (Å²) < 4.78 is 14.9. The van der Waals surface area contributed by atoms with Gasteiger partial charge in [0.05, 0.1) is 24.3 Å². The number of benzene rings is 1. The van der Waals surface area contributed by atoms with Crippen LogP contribution in [0, 0.1) is 24.1 Å². The van der Waals surface area contributed by atoms with Crippen molar-refractivity contribution in [2.24, 2.45) is 0 Å². The van der Waals surface area contributed by atoms with Gasteiger partial charge in [0.25, 0.3) is 0 Å². The highest BCUT2D eigenvalue weighted by Gasteiger charge is 2.19. The van der Waals surface area contributed by atoms with E-state index in [0.29, 0.717) is 44.9 Å². The fourth-order valence-corrected chi connectivity index (χ4v) is 4.04. The van der Waals surface area contributed by atoms with Gasteiger partial charge in [-0.25, -0.2) is 24.3 Å². The molecule has 0 unspecified atom stereocenters. The molecule has 1 aliphatic rings. The van der Waals surface area contributed by atoms with Crippen LogP contribution in [0.25, 0.3) is 33.7 Å². The van der Waals surface area contributed by atoms with Crippen LogP contribution in [-0.2, 0) is 6.42 Å². The predicted molar refractivity (Wildman–Crippen MR) is 122 cm³/mol. The second kappa shape index (κ2) is 8.52. The number of likely N-dealkylation sites (N-methyl/N-ethyl adjacent to an activating group) is 1. The lowest BCUT2D eigenvalue weighted by Crippen LogP contribution is -2.45. The minimum absolute atomic E-state index is 0.147. The van der Waals surface area contributed by atoms with Crippen molar-refractivity contribution in [2.45, 2.75) is 13.3 Å². The number of fused-ring (bicyclic) bond motifs is 1. The number of hydrogen-bond donors (Lipinski definition) is 1. The number of H-pyrrole nitrogens is 1. The Labute approximate surface area is 189 Å². The molecule has 3 aromatic heterocycles. The first kappa shape index (κ1) is 20.9. The number of hydrogen-bond acceptors (Lipinski definition) is 8. The van der Waals surface area contributed by atoms with Gasteiger partial charge in [0, 0.05) is 44.1 Å². The van der Waals surface area contributed by atoms with Crippen molar-refractivity contribution >= 4 is 17.0 Å². The summed E-state index contributed by atoms with van der Waals surface area (Å²) in [4.78, 5) is 22.5. The van der Waals surface area contributed by atoms with Gasteiger partial charge in [-0.05, 0) is 31.2 Å². The highest BCUT2D eigenvalue weighted by Crippen LogP contribution is 2.29. The normalized spacial score (nSPS) is 14.5. The van der Waals surface area contributed by atoms with Gasteiger partial charge in [0.1, 0.15) is 22.5 Å². The number of aromatic nitrogens is 6. The SMILES string of the molecule is Cc1cc(CC#N)cc(F)c1-c1ncc2[nH]nc(-c3cnc(N4CCN(C)CC4)nc3)c2n1. The van der Waals surface area contributed by atoms with Gasteiger partial charge in [0.2, 0.25) is 5.95 Å². The van der Waals surface area contributed by atoms with E-state index in [1.165, 1.54) is 6.07 Å². The molecular formula is C23H22FN9. The molecule has 1 aliphatic heterocycles. The lowest BCUT2D eigenvalue weighted by Gasteiger charge is -2.32. The second-order valence-electron chi connectivity index (χ2n) is 8.19. The van der Waals surface area contributed by atoms with Crippen LogP contribution in [0.1, 0.15) is 11.1 Å². The molecule has 4 heterocycles. The lowest BCUT2D eigenvalue weighted by molar-refractivity contribution is 0.311. The molecule has 4 aromatic rings. The van der Waals surface area contributed by atoms with Gasteiger partial charge in [-0.1, -0.05) is 6.07 Å². The van der Waals surface area contributed by atoms with E-state index in [0.717, 1.165) is 26.2 Å². The first-order valence-electron chi connectivity index (χ1n) is 10.7. The van der Waals surface area contributed by atoms with Crippen LogP contribution in [0.4, 0.5) is 10.3 Å². The van der Waals surface area contributed by atoms with Crippen LogP contribution in [0.3, 0.4) is 0 Å². The van der Waals surface area contributed by atoms with Gasteiger partial charge in [-0.3, -0.25) is 5.10 Å². The summed E-state index contributed by atoms with van der Waals surface area (Å²) in [5.74, 6) is 0.500. The molecular weight excluding hydrogens is 421 g/mol. The number of nitrogens with one attached hydrogen (secondary N) is 1. The standard InChI is InChI=1S/C23H22FN9/c1-14-9-15(3-4-25)10-17(24)19(14)22-26-13-18-21(29-22)20(31-30-18)16-11-27-23(28-12-16)33-7-5-32(2)6-8-33/h9-13H,3,5-8H2,1-2H3,(H,30,31). The predicted octanol–water partition coefficient (Wildman–Crippen LogP) is 2.74. The summed E-state index contributed by atoms with van der Waals surface area (Å²) in [5, 5.41) is 16.2. The number of rotatable bonds is 4. The molecule has 1 aromatic carbocycles. The number of aryl methyl sites for hydroxylation is 1. The Balaban J connectivity index is 1.49. The molecule has 33 heavy (non-hydrogen) atoms. The quantitative estimate of drug-likeness (QED) is 0.513. The Morgan fingerprint density at radius 2 is 1.85 bits per heavy atom. The van der Waals surface area contributed by atoms with E-state index < -0.39 is 5.82 Å². The maximum Gasteiger partial charge on any atom is 0.225 e. The van der Waals surface area contributed by atoms with Crippen molar-refractivity contribution in [3.63, 3.8) is 0 Å². The molecule has 0 saturated carbocycles. The molecule has 1 saturated heterocycles. The molecule has 5 rings (SSSR count). The molecule has 0 spiro atoms. The summed E-state index contributed by atoms with van der Waals surface area (Å²) in [7, 11) is 2.11. The molecule has 1 fully saturated rings. The van der Waals surface area contributed by atoms with Gasteiger partial charge in [0.15, 0.2) is 5.82 Å². The topological polar surface area (TPSA) is 111 Å². The largest absolute Gasteiger partial charge is 0.338 e. The number of nitrogens with zero attached hydrogens (tertiary/aromatic N) is 8. The van der Waals surface area contributed by atoms with E-state index in [9.17, 15) is 4.39 Å². The van der Waals surface area contributed by atoms with Crippen LogP contribution in [0.5, 0.6) is 0 Å². The Bertz CT molecular complexity index is 1330. The zero-order chi connectivity index (χ0) is 22.9. The maximum absolute atomic E-state index is 14.9. The molecule has 0 radical (unpaired) electrons. The van der Waals surface area contributed by atoms with Crippen molar-refractivity contribution in [1.82, 2.24) is 35.0 Å². The van der Waals surface area contributed by atoms with E-state index in [1.54, 1.807) is 31.6 Å². The Morgan fingerprint density at radius 3 is 2.55 bits per heavy atom. The van der Waals surface area contributed by atoms with Gasteiger partial charge < -0.3 is 9.80 Å². The third kappa shape index (κ3) is 3.99. The van der Waals surface area contributed by atoms with Crippen molar-refractivity contribution < 1.29 is 4.39 Å². The zero-order valence-electron chi connectivity index (χ0n) is 18.4. The molecule has 0 amide bonds. The van der Waals surface area contributed by atoms with Crippen LogP contribution >= 0.6 is 0 Å². The molecule has 1 N–H and O–H groups in total. The lowest BCUT2D eigenvalue weighted by atomic mass is 10.0. The van der Waals surface area contributed by atoms with Crippen LogP contribution in [-0.4, -0.2) is 68.3 Å². The molecule has 0 aliphatic carbocycles. The third-order valence-corrected chi connectivity index (χ3v) is 5.85. The van der Waals surface area contributed by atoms with E-state index in [1.807, 2.05) is 6.07 Å². The summed E-state index contributed by atoms with van der Waals surface area (Å²) in [6, 6.07) is 5.19. The Kier molecular flexibility index (Phi) is 5.40. The van der Waals surface area contributed by atoms with Gasteiger partial charge in [-0.15, -0.1) is 0 Å². The monoisotopic (exact) mass is 443 g/mol. The first-order chi connectivity index (χ1) is 16.0. The average Bonchev–Trinajstić information content (AvgIpc) is 3.23. The van der Waals surface area contributed by atoms with E-state index >= 15 is 0 Å². The minimum atomic E-state index is -0.454. The maximum atomic E-state index is 14.9. The summed E-state index contributed by atoms with van der Waals surface area (Å²) in [6.07, 6.45) is 5.21. The smallest absolute Gasteiger partial charge is 0.225 e. The van der Waals surface area contributed by atoms with E-state index in [4.69, 9.17) is 5.26 Å². The second-order valence-corrected chi connectivity index (χ2v) is 8.19. The first-order valence-corrected chi connectivity index (χ1v) is 10.7. The Morgan fingerprint density at radius 1 is 1.09 bits per heavy atom. The van der Waals surface area contributed by atoms with Crippen molar-refractivity contribution in [3.05, 3.63) is 47.7 Å². The van der Waals surface area contributed by atoms with E-state index in [-0.39, 0.29) is 12.2 Å². The fourth-order valence-electron chi connectivity index (χ4n) is 4.04. The summed E-state index contributed by atoms with van der Waals surface area (Å²) >= 11 is 0. The molecule has 0 atom stereocenters. The highest BCUT2D eigenvalue weighted by molar-refractivity contribution is 5.89. The van der Waals surface area contributed by atoms with Gasteiger partial charge >= 0.3 is 0 Å². The fraction of sp³-hybridized carbons (Fsp3) is 0.304. The molecule has 9 nitrogen and oxygen atoms in total. The molecule has 10 heteroatoms. The number of nitriles is 1. The Hall–Kier alpha value is -3.97. The summed E-state index contributed by atoms with van der Waals surface area (Å²) in [6.45, 7) is 5.50. The number of piperazine rings is 1. The summed E-state index contributed by atoms with van der Waals surface area (Å²) in [5.41, 5.74) is 4.10. The van der Waals surface area contributed by atoms with Crippen LogP contribution < -0.4 is 4.90 Å². The number of anilines is 1. The van der Waals surface area contributed by atoms with Crippen LogP contribution in [0.2, 0.25) is 0 Å². The number of aromatic amines is 1. The van der Waals surface area contributed by atoms with Crippen molar-refractivity contribution in [1.29, 1.82) is 5.26 Å². The third-order valence-electron chi connectivity index (χ3n) is 5.85. The van der Waals surface area contributed by atoms with Crippen molar-refractivity contribution in [3.8, 4) is 28.7 Å². The minimum Gasteiger partial charge on any atom is -0.338 e. The number of halogens is 1. The molecule has 166 valence electrons. The van der Waals surface area contributed by atoms with E-state index in [2.05, 4.69) is 47.0 Å². The van der Waals surface area contributed by atoms with Gasteiger partial charge in [-0.2, -0.15) is 10.4 Å². The van der Waals surface area contributed by atoms with Crippen molar-refractivity contribution in [2.75, 3.05) is 38.1 Å². The average molecular weight is 443 g/mol. The highest BCUT2D eigenvalue weighted by atomic mass is 19.1. The van der Waals surface area contributed by atoms with Crippen LogP contribution in [0.15, 0.2) is 30.7 Å². The molecule has 0 bridgehead atoms. The zero-order valence-corrected chi connectivity index (χ0v) is 18.4.